The predicted octanol–water partition coefficient (Wildman–Crippen LogP) is 6.96. The second kappa shape index (κ2) is 7.79. The molecule has 0 unspecified atom stereocenters. The van der Waals surface area contributed by atoms with Crippen molar-refractivity contribution < 1.29 is 11.7 Å². The molecule has 0 radical (unpaired) electrons. The number of furan rings is 1. The lowest BCUT2D eigenvalue weighted by molar-refractivity contribution is -0.660. The van der Waals surface area contributed by atoms with Crippen LogP contribution in [0.2, 0.25) is 0 Å². The van der Waals surface area contributed by atoms with Crippen molar-refractivity contribution in [3.8, 4) is 28.5 Å². The smallest absolute Gasteiger partial charge is 0.216 e. The fourth-order valence-electron chi connectivity index (χ4n) is 4.77. The predicted molar refractivity (Wildman–Crippen MR) is 134 cm³/mol. The van der Waals surface area contributed by atoms with E-state index in [-0.39, 0.29) is 0 Å². The maximum atomic E-state index is 9.99. The molecule has 160 valence electrons. The van der Waals surface area contributed by atoms with Crippen LogP contribution in [0.15, 0.2) is 76.2 Å². The van der Waals surface area contributed by atoms with Gasteiger partial charge in [0.1, 0.15) is 18.2 Å². The molecule has 0 saturated heterocycles. The summed E-state index contributed by atoms with van der Waals surface area (Å²) in [7, 11) is 2.03. The average molecular weight is 450 g/mol. The molecule has 0 aliphatic carbocycles. The van der Waals surface area contributed by atoms with Gasteiger partial charge in [-0.1, -0.05) is 24.3 Å². The third kappa shape index (κ3) is 3.15. The van der Waals surface area contributed by atoms with Gasteiger partial charge in [0.05, 0.1) is 17.2 Å². The molecule has 2 aromatic heterocycles. The van der Waals surface area contributed by atoms with Gasteiger partial charge in [0, 0.05) is 36.1 Å². The molecule has 5 aromatic rings. The average Bonchev–Trinajstić information content (AvgIpc) is 3.22. The summed E-state index contributed by atoms with van der Waals surface area (Å²) < 4.78 is 25.5. The number of benzene rings is 3. The van der Waals surface area contributed by atoms with Crippen LogP contribution in [0.1, 0.15) is 25.9 Å². The van der Waals surface area contributed by atoms with Crippen LogP contribution in [0.4, 0.5) is 0 Å². The molecule has 6 rings (SSSR count). The van der Waals surface area contributed by atoms with Crippen LogP contribution in [0.25, 0.3) is 44.3 Å². The second-order valence-corrected chi connectivity index (χ2v) is 9.53. The van der Waals surface area contributed by atoms with E-state index in [2.05, 4.69) is 35.8 Å². The Hall–Kier alpha value is -3.55. The highest BCUT2D eigenvalue weighted by atomic mass is 32.2. The Morgan fingerprint density at radius 2 is 1.85 bits per heavy atom. The molecule has 0 amide bonds. The molecule has 0 spiro atoms. The molecular formula is C29H23N2OS+. The monoisotopic (exact) mass is 449 g/mol. The van der Waals surface area contributed by atoms with E-state index >= 15 is 0 Å². The minimum Gasteiger partial charge on any atom is -0.454 e. The first-order chi connectivity index (χ1) is 16.9. The lowest BCUT2D eigenvalue weighted by Gasteiger charge is -2.16. The number of nitriles is 1. The van der Waals surface area contributed by atoms with Gasteiger partial charge >= 0.3 is 0 Å². The van der Waals surface area contributed by atoms with Gasteiger partial charge in [0.15, 0.2) is 6.20 Å². The van der Waals surface area contributed by atoms with Crippen LogP contribution in [0.5, 0.6) is 0 Å². The van der Waals surface area contributed by atoms with E-state index in [0.29, 0.717) is 17.6 Å². The number of aromatic nitrogens is 1. The van der Waals surface area contributed by atoms with Crippen molar-refractivity contribution in [1.82, 2.24) is 0 Å². The Kier molecular flexibility index (Phi) is 4.24. The molecule has 3 aromatic carbocycles. The van der Waals surface area contributed by atoms with E-state index in [1.54, 1.807) is 11.8 Å². The molecule has 3 heterocycles. The van der Waals surface area contributed by atoms with Crippen molar-refractivity contribution >= 4 is 33.7 Å². The highest BCUT2D eigenvalue weighted by Crippen LogP contribution is 2.43. The number of nitrogens with zero attached hydrogens (tertiary/aromatic N) is 2. The number of rotatable bonds is 2. The number of hydrogen-bond acceptors (Lipinski definition) is 3. The minimum absolute atomic E-state index is 0.506. The summed E-state index contributed by atoms with van der Waals surface area (Å²) >= 11 is 1.67. The van der Waals surface area contributed by atoms with Crippen molar-refractivity contribution in [2.24, 2.45) is 7.05 Å². The van der Waals surface area contributed by atoms with E-state index in [4.69, 9.17) is 7.16 Å². The molecule has 1 aliphatic rings. The maximum absolute atomic E-state index is 9.99. The zero-order valence-corrected chi connectivity index (χ0v) is 19.3. The van der Waals surface area contributed by atoms with Crippen molar-refractivity contribution in [1.29, 1.82) is 5.26 Å². The maximum Gasteiger partial charge on any atom is 0.216 e. The Morgan fingerprint density at radius 3 is 2.67 bits per heavy atom. The van der Waals surface area contributed by atoms with Gasteiger partial charge in [-0.05, 0) is 66.4 Å². The van der Waals surface area contributed by atoms with Crippen molar-refractivity contribution in [3.05, 3.63) is 83.6 Å². The van der Waals surface area contributed by atoms with Crippen molar-refractivity contribution in [2.75, 3.05) is 5.75 Å². The molecule has 4 heteroatoms. The van der Waals surface area contributed by atoms with Gasteiger partial charge in [-0.25, -0.2) is 4.57 Å². The molecule has 33 heavy (non-hydrogen) atoms. The molecule has 0 saturated carbocycles. The summed E-state index contributed by atoms with van der Waals surface area (Å²) in [6, 6.07) is 22.3. The lowest BCUT2D eigenvalue weighted by Crippen LogP contribution is -2.30. The van der Waals surface area contributed by atoms with Crippen molar-refractivity contribution in [3.63, 3.8) is 0 Å². The van der Waals surface area contributed by atoms with Crippen molar-refractivity contribution in [2.45, 2.75) is 24.6 Å². The largest absolute Gasteiger partial charge is 0.454 e. The molecule has 0 atom stereocenters. The number of fused-ring (bicyclic) bond motifs is 4. The Balaban J connectivity index is 1.67. The minimum atomic E-state index is -1.33. The fraction of sp³-hybridized carbons (Fsp3) is 0.172. The highest BCUT2D eigenvalue weighted by molar-refractivity contribution is 7.99. The first kappa shape index (κ1) is 17.9. The first-order valence-electron chi connectivity index (χ1n) is 12.0. The van der Waals surface area contributed by atoms with Gasteiger partial charge in [-0.15, -0.1) is 11.8 Å². The summed E-state index contributed by atoms with van der Waals surface area (Å²) in [5.41, 5.74) is 7.62. The van der Waals surface area contributed by atoms with E-state index < -0.39 is 6.37 Å². The van der Waals surface area contributed by atoms with Crippen LogP contribution < -0.4 is 4.57 Å². The first-order valence-corrected chi connectivity index (χ1v) is 12.0. The fourth-order valence-corrected chi connectivity index (χ4v) is 5.70. The zero-order valence-electron chi connectivity index (χ0n) is 20.5. The third-order valence-electron chi connectivity index (χ3n) is 6.39. The highest BCUT2D eigenvalue weighted by Gasteiger charge is 2.23. The lowest BCUT2D eigenvalue weighted by atomic mass is 9.95. The third-order valence-corrected chi connectivity index (χ3v) is 7.45. The van der Waals surface area contributed by atoms with E-state index in [1.807, 2.05) is 55.7 Å². The zero-order chi connectivity index (χ0) is 24.3. The van der Waals surface area contributed by atoms with Gasteiger partial charge in [0.25, 0.3) is 0 Å². The number of thioether (sulfide) groups is 1. The van der Waals surface area contributed by atoms with Gasteiger partial charge in [-0.2, -0.15) is 5.26 Å². The Labute approximate surface area is 200 Å². The Bertz CT molecular complexity index is 1700. The van der Waals surface area contributed by atoms with E-state index in [9.17, 15) is 5.26 Å². The number of hydrogen-bond donors (Lipinski definition) is 0. The van der Waals surface area contributed by atoms with Crippen LogP contribution in [-0.2, 0) is 13.4 Å². The van der Waals surface area contributed by atoms with Crippen LogP contribution in [-0.4, -0.2) is 5.75 Å². The van der Waals surface area contributed by atoms with E-state index in [1.165, 1.54) is 0 Å². The second-order valence-electron chi connectivity index (χ2n) is 8.40. The normalized spacial score (nSPS) is 15.7. The molecule has 3 nitrogen and oxygen atoms in total. The topological polar surface area (TPSA) is 40.8 Å². The molecular weight excluding hydrogens is 424 g/mol. The summed E-state index contributed by atoms with van der Waals surface area (Å²) in [5, 5.41) is 12.0. The summed E-state index contributed by atoms with van der Waals surface area (Å²) in [6.45, 7) is 2.09. The van der Waals surface area contributed by atoms with Crippen LogP contribution in [0.3, 0.4) is 0 Å². The SMILES string of the molecule is [2H]C1([2H])CCSc2cc(-c3c(C#N)ccc4c3oc3c(-c5cccc[n+]5C)c(C)ccc34)ccc21. The van der Waals surface area contributed by atoms with Gasteiger partial charge in [0.2, 0.25) is 5.69 Å². The van der Waals surface area contributed by atoms with Crippen LogP contribution in [0, 0.1) is 18.3 Å². The number of pyridine rings is 1. The quantitative estimate of drug-likeness (QED) is 0.273. The molecule has 0 bridgehead atoms. The van der Waals surface area contributed by atoms with Crippen LogP contribution >= 0.6 is 11.8 Å². The standard InChI is InChI=1S/C29H23N2OS/c1-18-8-12-22-23-13-11-21(17-30)27(20-10-9-19-6-5-15-33-25(19)16-20)29(23)32-28(22)26(18)24-7-3-4-14-31(24)2/h3-4,7-14,16H,5-6,15H2,1-2H3/q+1/i6D2. The molecule has 0 fully saturated rings. The summed E-state index contributed by atoms with van der Waals surface area (Å²) in [4.78, 5) is 0.934. The van der Waals surface area contributed by atoms with Gasteiger partial charge in [-0.3, -0.25) is 0 Å². The number of aryl methyl sites for hydroxylation is 3. The Morgan fingerprint density at radius 1 is 1.03 bits per heavy atom. The van der Waals surface area contributed by atoms with E-state index in [0.717, 1.165) is 60.5 Å². The molecule has 0 N–H and O–H groups in total. The molecule has 1 aliphatic heterocycles. The van der Waals surface area contributed by atoms with Gasteiger partial charge < -0.3 is 4.42 Å². The summed E-state index contributed by atoms with van der Waals surface area (Å²) in [6.07, 6.45) is 1.20. The summed E-state index contributed by atoms with van der Waals surface area (Å²) in [5.74, 6) is 0.736.